The third kappa shape index (κ3) is 8.25. The fourth-order valence-corrected chi connectivity index (χ4v) is 3.13. The van der Waals surface area contributed by atoms with Crippen LogP contribution in [0.2, 0.25) is 0 Å². The summed E-state index contributed by atoms with van der Waals surface area (Å²) in [6.07, 6.45) is 2.79. The van der Waals surface area contributed by atoms with Crippen LogP contribution in [0.15, 0.2) is 35.5 Å². The Morgan fingerprint density at radius 2 is 1.81 bits per heavy atom. The van der Waals surface area contributed by atoms with Crippen molar-refractivity contribution >= 4 is 47.2 Å². The number of aromatic nitrogens is 1. The van der Waals surface area contributed by atoms with Crippen molar-refractivity contribution < 1.29 is 4.79 Å². The van der Waals surface area contributed by atoms with Gasteiger partial charge in [-0.15, -0.1) is 35.3 Å². The summed E-state index contributed by atoms with van der Waals surface area (Å²) in [7, 11) is 0. The second-order valence-corrected chi connectivity index (χ2v) is 7.11. The lowest BCUT2D eigenvalue weighted by Gasteiger charge is -2.10. The summed E-state index contributed by atoms with van der Waals surface area (Å²) in [6.45, 7) is 8.80. The van der Waals surface area contributed by atoms with Crippen LogP contribution in [-0.4, -0.2) is 36.5 Å². The predicted molar refractivity (Wildman–Crippen MR) is 123 cm³/mol. The first kappa shape index (κ1) is 23.4. The fourth-order valence-electron chi connectivity index (χ4n) is 2.34. The highest BCUT2D eigenvalue weighted by atomic mass is 127. The molecular formula is C19H28IN5OS. The topological polar surface area (TPSA) is 78.4 Å². The van der Waals surface area contributed by atoms with Gasteiger partial charge >= 0.3 is 0 Å². The van der Waals surface area contributed by atoms with Gasteiger partial charge < -0.3 is 16.0 Å². The highest BCUT2D eigenvalue weighted by Gasteiger charge is 2.04. The highest BCUT2D eigenvalue weighted by Crippen LogP contribution is 2.11. The lowest BCUT2D eigenvalue weighted by molar-refractivity contribution is 0.0956. The maximum absolute atomic E-state index is 11.8. The Bertz CT molecular complexity index is 730. The maximum atomic E-state index is 11.8. The molecule has 2 rings (SSSR count). The van der Waals surface area contributed by atoms with E-state index in [1.54, 1.807) is 11.3 Å². The number of nitrogens with one attached hydrogen (secondary N) is 3. The quantitative estimate of drug-likeness (QED) is 0.295. The average Bonchev–Trinajstić information content (AvgIpc) is 3.05. The number of carbonyl (C=O) groups excluding carboxylic acids is 1. The number of amides is 1. The normalized spacial score (nSPS) is 10.9. The van der Waals surface area contributed by atoms with Crippen molar-refractivity contribution in [3.63, 3.8) is 0 Å². The molecule has 0 aliphatic rings. The summed E-state index contributed by atoms with van der Waals surface area (Å²) >= 11 is 1.73. The number of guanidine groups is 1. The van der Waals surface area contributed by atoms with E-state index >= 15 is 0 Å². The number of benzene rings is 1. The molecule has 1 aromatic heterocycles. The molecule has 27 heavy (non-hydrogen) atoms. The minimum Gasteiger partial charge on any atom is -0.357 e. The summed E-state index contributed by atoms with van der Waals surface area (Å²) in [6, 6.07) is 7.55. The summed E-state index contributed by atoms with van der Waals surface area (Å²) in [5.41, 5.74) is 1.73. The number of carbonyl (C=O) groups is 1. The van der Waals surface area contributed by atoms with Crippen molar-refractivity contribution in [3.05, 3.63) is 51.5 Å². The zero-order valence-electron chi connectivity index (χ0n) is 16.0. The van der Waals surface area contributed by atoms with Crippen LogP contribution in [0.3, 0.4) is 0 Å². The van der Waals surface area contributed by atoms with Crippen LogP contribution in [0.1, 0.15) is 39.7 Å². The van der Waals surface area contributed by atoms with Crippen LogP contribution in [0, 0.1) is 6.92 Å². The Morgan fingerprint density at radius 1 is 1.11 bits per heavy atom. The van der Waals surface area contributed by atoms with Gasteiger partial charge in [-0.05, 0) is 38.5 Å². The van der Waals surface area contributed by atoms with E-state index in [9.17, 15) is 4.79 Å². The molecule has 0 unspecified atom stereocenters. The molecule has 0 aliphatic heterocycles. The van der Waals surface area contributed by atoms with E-state index in [1.165, 1.54) is 4.88 Å². The van der Waals surface area contributed by atoms with E-state index in [0.717, 1.165) is 36.0 Å². The van der Waals surface area contributed by atoms with Crippen LogP contribution in [-0.2, 0) is 13.0 Å². The van der Waals surface area contributed by atoms with E-state index < -0.39 is 0 Å². The maximum Gasteiger partial charge on any atom is 0.251 e. The molecule has 1 amide bonds. The Hall–Kier alpha value is -1.68. The Morgan fingerprint density at radius 3 is 2.41 bits per heavy atom. The first-order chi connectivity index (χ1) is 12.6. The summed E-state index contributed by atoms with van der Waals surface area (Å²) in [4.78, 5) is 22.0. The van der Waals surface area contributed by atoms with Gasteiger partial charge in [-0.2, -0.15) is 0 Å². The third-order valence-electron chi connectivity index (χ3n) is 3.62. The van der Waals surface area contributed by atoms with Crippen molar-refractivity contribution in [3.8, 4) is 0 Å². The van der Waals surface area contributed by atoms with Crippen LogP contribution >= 0.6 is 35.3 Å². The van der Waals surface area contributed by atoms with Gasteiger partial charge in [0.1, 0.15) is 0 Å². The number of aryl methyl sites for hydroxylation is 1. The molecule has 1 aromatic carbocycles. The Kier molecular flexibility index (Phi) is 11.0. The lowest BCUT2D eigenvalue weighted by atomic mass is 10.1. The van der Waals surface area contributed by atoms with E-state index in [0.29, 0.717) is 18.7 Å². The van der Waals surface area contributed by atoms with Gasteiger partial charge in [0.2, 0.25) is 0 Å². The predicted octanol–water partition coefficient (Wildman–Crippen LogP) is 3.12. The fraction of sp³-hybridized carbons (Fsp3) is 0.421. The van der Waals surface area contributed by atoms with Gasteiger partial charge in [0.15, 0.2) is 5.96 Å². The van der Waals surface area contributed by atoms with E-state index in [-0.39, 0.29) is 29.9 Å². The second kappa shape index (κ2) is 12.7. The van der Waals surface area contributed by atoms with Crippen LogP contribution in [0.5, 0.6) is 0 Å². The largest absolute Gasteiger partial charge is 0.357 e. The molecule has 0 saturated heterocycles. The van der Waals surface area contributed by atoms with Gasteiger partial charge in [-0.1, -0.05) is 12.1 Å². The lowest BCUT2D eigenvalue weighted by Crippen LogP contribution is -2.38. The molecule has 6 nitrogen and oxygen atoms in total. The number of aliphatic imine (C=N–C) groups is 1. The van der Waals surface area contributed by atoms with Crippen LogP contribution in [0.25, 0.3) is 0 Å². The molecule has 0 fully saturated rings. The number of halogens is 1. The minimum absolute atomic E-state index is 0. The van der Waals surface area contributed by atoms with Crippen molar-refractivity contribution in [2.24, 2.45) is 4.99 Å². The van der Waals surface area contributed by atoms with Crippen molar-refractivity contribution in [2.45, 2.75) is 33.7 Å². The van der Waals surface area contributed by atoms with Crippen molar-refractivity contribution in [1.82, 2.24) is 20.9 Å². The zero-order chi connectivity index (χ0) is 18.8. The average molecular weight is 501 g/mol. The highest BCUT2D eigenvalue weighted by molar-refractivity contribution is 14.0. The van der Waals surface area contributed by atoms with Crippen LogP contribution < -0.4 is 16.0 Å². The third-order valence-corrected chi connectivity index (χ3v) is 4.59. The molecule has 0 aliphatic carbocycles. The minimum atomic E-state index is -0.0463. The summed E-state index contributed by atoms with van der Waals surface area (Å²) < 4.78 is 0. The van der Waals surface area contributed by atoms with E-state index in [1.807, 2.05) is 44.3 Å². The van der Waals surface area contributed by atoms with Gasteiger partial charge in [-0.25, -0.2) is 9.98 Å². The first-order valence-corrected chi connectivity index (χ1v) is 9.74. The van der Waals surface area contributed by atoms with E-state index in [4.69, 9.17) is 0 Å². The second-order valence-electron chi connectivity index (χ2n) is 5.79. The number of thiazole rings is 1. The van der Waals surface area contributed by atoms with Crippen LogP contribution in [0.4, 0.5) is 0 Å². The molecule has 0 spiro atoms. The van der Waals surface area contributed by atoms with Gasteiger partial charge in [-0.3, -0.25) is 4.79 Å². The zero-order valence-corrected chi connectivity index (χ0v) is 19.2. The number of hydrogen-bond donors (Lipinski definition) is 3. The van der Waals surface area contributed by atoms with Gasteiger partial charge in [0, 0.05) is 42.7 Å². The van der Waals surface area contributed by atoms with Gasteiger partial charge in [0.25, 0.3) is 5.91 Å². The molecule has 8 heteroatoms. The SMILES string of the molecule is CCNC(=O)c1ccc(CN=C(NCC)NCCc2ncc(C)s2)cc1.I. The summed E-state index contributed by atoms with van der Waals surface area (Å²) in [5, 5.41) is 10.5. The monoisotopic (exact) mass is 501 g/mol. The molecule has 2 aromatic rings. The Labute approximate surface area is 182 Å². The Balaban J connectivity index is 0.00000364. The molecule has 0 bridgehead atoms. The number of nitrogens with zero attached hydrogens (tertiary/aromatic N) is 2. The standard InChI is InChI=1S/C19H27N5OS.HI/c1-4-20-18(25)16-8-6-15(7-9-16)13-24-19(21-5-2)22-11-10-17-23-12-14(3)26-17;/h6-9,12H,4-5,10-11,13H2,1-3H3,(H,20,25)(H2,21,22,24);1H. The molecule has 0 saturated carbocycles. The molecular weight excluding hydrogens is 473 g/mol. The molecule has 1 heterocycles. The number of hydrogen-bond acceptors (Lipinski definition) is 4. The van der Waals surface area contributed by atoms with E-state index in [2.05, 4.69) is 32.9 Å². The molecule has 0 radical (unpaired) electrons. The van der Waals surface area contributed by atoms with Gasteiger partial charge in [0.05, 0.1) is 11.6 Å². The molecule has 0 atom stereocenters. The smallest absolute Gasteiger partial charge is 0.251 e. The number of rotatable bonds is 8. The molecule has 3 N–H and O–H groups in total. The first-order valence-electron chi connectivity index (χ1n) is 8.93. The van der Waals surface area contributed by atoms with Crippen molar-refractivity contribution in [1.29, 1.82) is 0 Å². The van der Waals surface area contributed by atoms with Crippen molar-refractivity contribution in [2.75, 3.05) is 19.6 Å². The molecule has 148 valence electrons. The summed E-state index contributed by atoms with van der Waals surface area (Å²) in [5.74, 6) is 0.739.